The Morgan fingerprint density at radius 3 is 1.19 bits per heavy atom. The molecule has 0 aliphatic heterocycles. The molecular formula is C14H22O2. The predicted octanol–water partition coefficient (Wildman–Crippen LogP) is 3.00. The van der Waals surface area contributed by atoms with Gasteiger partial charge in [0, 0.05) is 10.8 Å². The van der Waals surface area contributed by atoms with Gasteiger partial charge in [0.05, 0.1) is 12.8 Å². The highest BCUT2D eigenvalue weighted by molar-refractivity contribution is 5.87. The number of Topliss-reactive ketones (excluding diaryl/α,β-unsaturated/α-hetero) is 2. The van der Waals surface area contributed by atoms with Gasteiger partial charge in [0.1, 0.15) is 11.6 Å². The first kappa shape index (κ1) is 14.9. The summed E-state index contributed by atoms with van der Waals surface area (Å²) in [6, 6.07) is 0. The molecule has 0 saturated heterocycles. The minimum Gasteiger partial charge on any atom is -0.298 e. The summed E-state index contributed by atoms with van der Waals surface area (Å²) in [6.07, 6.45) is 0.474. The van der Waals surface area contributed by atoms with Crippen LogP contribution < -0.4 is 0 Å². The van der Waals surface area contributed by atoms with E-state index >= 15 is 0 Å². The van der Waals surface area contributed by atoms with Crippen molar-refractivity contribution in [2.45, 2.75) is 54.4 Å². The van der Waals surface area contributed by atoms with E-state index in [1.165, 1.54) is 0 Å². The third-order valence-electron chi connectivity index (χ3n) is 2.30. The second-order valence-electron chi connectivity index (χ2n) is 6.05. The minimum atomic E-state index is -0.345. The molecule has 0 N–H and O–H groups in total. The molecule has 0 radical (unpaired) electrons. The van der Waals surface area contributed by atoms with Gasteiger partial charge in [-0.25, -0.2) is 0 Å². The Balaban J connectivity index is 4.17. The second-order valence-corrected chi connectivity index (χ2v) is 6.05. The molecule has 0 unspecified atom stereocenters. The maximum absolute atomic E-state index is 11.5. The van der Waals surface area contributed by atoms with Crippen LogP contribution in [0.15, 0.2) is 0 Å². The lowest BCUT2D eigenvalue weighted by Gasteiger charge is -2.14. The molecule has 90 valence electrons. The molecule has 0 rings (SSSR count). The monoisotopic (exact) mass is 222 g/mol. The van der Waals surface area contributed by atoms with E-state index in [-0.39, 0.29) is 35.2 Å². The lowest BCUT2D eigenvalue weighted by atomic mass is 9.88. The molecule has 0 aliphatic carbocycles. The highest BCUT2D eigenvalue weighted by Gasteiger charge is 2.20. The van der Waals surface area contributed by atoms with E-state index in [2.05, 4.69) is 11.8 Å². The maximum atomic E-state index is 11.5. The van der Waals surface area contributed by atoms with Crippen LogP contribution in [-0.2, 0) is 9.59 Å². The Bertz CT molecular complexity index is 294. The van der Waals surface area contributed by atoms with Crippen molar-refractivity contribution in [3.05, 3.63) is 0 Å². The summed E-state index contributed by atoms with van der Waals surface area (Å²) < 4.78 is 0. The second kappa shape index (κ2) is 5.30. The molecular weight excluding hydrogens is 200 g/mol. The third kappa shape index (κ3) is 5.70. The molecule has 0 spiro atoms. The Hall–Kier alpha value is -1.10. The molecule has 0 fully saturated rings. The molecule has 0 aliphatic rings. The van der Waals surface area contributed by atoms with Gasteiger partial charge in [-0.05, 0) is 0 Å². The van der Waals surface area contributed by atoms with E-state index in [1.54, 1.807) is 0 Å². The number of ketones is 2. The van der Waals surface area contributed by atoms with Crippen LogP contribution in [0, 0.1) is 22.7 Å². The first-order valence-corrected chi connectivity index (χ1v) is 5.57. The van der Waals surface area contributed by atoms with E-state index in [9.17, 15) is 9.59 Å². The fourth-order valence-corrected chi connectivity index (χ4v) is 0.816. The molecule has 0 bridgehead atoms. The van der Waals surface area contributed by atoms with Crippen molar-refractivity contribution in [2.24, 2.45) is 10.8 Å². The average Bonchev–Trinajstić information content (AvgIpc) is 2.08. The topological polar surface area (TPSA) is 34.1 Å². The summed E-state index contributed by atoms with van der Waals surface area (Å²) in [5, 5.41) is 0. The van der Waals surface area contributed by atoms with Crippen LogP contribution in [0.2, 0.25) is 0 Å². The Kier molecular flexibility index (Phi) is 4.93. The Labute approximate surface area is 98.8 Å². The summed E-state index contributed by atoms with van der Waals surface area (Å²) in [7, 11) is 0. The highest BCUT2D eigenvalue weighted by atomic mass is 16.1. The molecule has 0 aromatic carbocycles. The SMILES string of the molecule is CC(C)(C)C(=O)CC#CCC(=O)C(C)(C)C. The van der Waals surface area contributed by atoms with Gasteiger partial charge < -0.3 is 0 Å². The van der Waals surface area contributed by atoms with E-state index in [4.69, 9.17) is 0 Å². The van der Waals surface area contributed by atoms with Crippen molar-refractivity contribution >= 4 is 11.6 Å². The fraction of sp³-hybridized carbons (Fsp3) is 0.714. The number of carbonyl (C=O) groups excluding carboxylic acids is 2. The molecule has 2 nitrogen and oxygen atoms in total. The Morgan fingerprint density at radius 2 is 1.00 bits per heavy atom. The van der Waals surface area contributed by atoms with E-state index in [0.717, 1.165) is 0 Å². The molecule has 0 atom stereocenters. The van der Waals surface area contributed by atoms with E-state index < -0.39 is 0 Å². The molecule has 0 saturated carbocycles. The number of rotatable bonds is 2. The quantitative estimate of drug-likeness (QED) is 0.673. The zero-order valence-corrected chi connectivity index (χ0v) is 11.2. The Morgan fingerprint density at radius 1 is 0.750 bits per heavy atom. The summed E-state index contributed by atoms with van der Waals surface area (Å²) in [5.74, 6) is 5.78. The van der Waals surface area contributed by atoms with Crippen LogP contribution in [-0.4, -0.2) is 11.6 Å². The van der Waals surface area contributed by atoms with Crippen molar-refractivity contribution in [3.8, 4) is 11.8 Å². The van der Waals surface area contributed by atoms with Crippen LogP contribution in [0.5, 0.6) is 0 Å². The molecule has 0 aromatic rings. The average molecular weight is 222 g/mol. The van der Waals surface area contributed by atoms with Crippen molar-refractivity contribution in [3.63, 3.8) is 0 Å². The number of carbonyl (C=O) groups is 2. The van der Waals surface area contributed by atoms with Gasteiger partial charge in [0.25, 0.3) is 0 Å². The van der Waals surface area contributed by atoms with Crippen LogP contribution in [0.3, 0.4) is 0 Å². The highest BCUT2D eigenvalue weighted by Crippen LogP contribution is 2.17. The standard InChI is InChI=1S/C14H22O2/c1-13(2,3)11(15)9-7-8-10-12(16)14(4,5)6/h9-10H2,1-6H3. The summed E-state index contributed by atoms with van der Waals surface area (Å²) in [6.45, 7) is 11.2. The summed E-state index contributed by atoms with van der Waals surface area (Å²) in [4.78, 5) is 23.0. The summed E-state index contributed by atoms with van der Waals surface area (Å²) >= 11 is 0. The van der Waals surface area contributed by atoms with Gasteiger partial charge >= 0.3 is 0 Å². The normalized spacial score (nSPS) is 11.6. The largest absolute Gasteiger partial charge is 0.298 e. The lowest BCUT2D eigenvalue weighted by Crippen LogP contribution is -2.20. The minimum absolute atomic E-state index is 0.114. The van der Waals surface area contributed by atoms with Crippen LogP contribution in [0.1, 0.15) is 54.4 Å². The van der Waals surface area contributed by atoms with Gasteiger partial charge in [0.2, 0.25) is 0 Å². The zero-order valence-electron chi connectivity index (χ0n) is 11.2. The van der Waals surface area contributed by atoms with E-state index in [0.29, 0.717) is 0 Å². The van der Waals surface area contributed by atoms with Crippen LogP contribution in [0.25, 0.3) is 0 Å². The van der Waals surface area contributed by atoms with Crippen molar-refractivity contribution in [1.82, 2.24) is 0 Å². The van der Waals surface area contributed by atoms with Gasteiger partial charge in [-0.15, -0.1) is 0 Å². The number of hydrogen-bond donors (Lipinski definition) is 0. The van der Waals surface area contributed by atoms with Gasteiger partial charge in [-0.3, -0.25) is 9.59 Å². The van der Waals surface area contributed by atoms with Crippen molar-refractivity contribution in [2.75, 3.05) is 0 Å². The molecule has 0 aromatic heterocycles. The zero-order chi connectivity index (χ0) is 13.0. The first-order chi connectivity index (χ1) is 7.05. The first-order valence-electron chi connectivity index (χ1n) is 5.57. The predicted molar refractivity (Wildman–Crippen MR) is 65.9 cm³/mol. The van der Waals surface area contributed by atoms with Crippen molar-refractivity contribution < 1.29 is 9.59 Å². The van der Waals surface area contributed by atoms with Gasteiger partial charge in [-0.1, -0.05) is 53.4 Å². The van der Waals surface area contributed by atoms with Crippen molar-refractivity contribution in [1.29, 1.82) is 0 Å². The maximum Gasteiger partial charge on any atom is 0.150 e. The van der Waals surface area contributed by atoms with Crippen LogP contribution >= 0.6 is 0 Å². The smallest absolute Gasteiger partial charge is 0.150 e. The molecule has 16 heavy (non-hydrogen) atoms. The molecule has 0 amide bonds. The van der Waals surface area contributed by atoms with Gasteiger partial charge in [0.15, 0.2) is 0 Å². The van der Waals surface area contributed by atoms with E-state index in [1.807, 2.05) is 41.5 Å². The lowest BCUT2D eigenvalue weighted by molar-refractivity contribution is -0.126. The molecule has 0 heterocycles. The number of hydrogen-bond acceptors (Lipinski definition) is 2. The molecule has 2 heteroatoms. The van der Waals surface area contributed by atoms with Crippen LogP contribution in [0.4, 0.5) is 0 Å². The van der Waals surface area contributed by atoms with Gasteiger partial charge in [-0.2, -0.15) is 0 Å². The fourth-order valence-electron chi connectivity index (χ4n) is 0.816. The summed E-state index contributed by atoms with van der Waals surface area (Å²) in [5.41, 5.74) is -0.689. The third-order valence-corrected chi connectivity index (χ3v) is 2.30.